The third kappa shape index (κ3) is 3.58. The standard InChI is InChI=1S/C4H9N3S/c1-2-3-6-4(8)7-5/h2H,1,3,5H2,(H2,6,7,8). The molecule has 0 aliphatic carbocycles. The Balaban J connectivity index is 3.11. The zero-order valence-corrected chi connectivity index (χ0v) is 5.29. The Morgan fingerprint density at radius 1 is 1.88 bits per heavy atom. The van der Waals surface area contributed by atoms with Crippen molar-refractivity contribution in [1.29, 1.82) is 0 Å². The van der Waals surface area contributed by atoms with Crippen LogP contribution < -0.4 is 16.6 Å². The van der Waals surface area contributed by atoms with Gasteiger partial charge in [0.1, 0.15) is 0 Å². The van der Waals surface area contributed by atoms with E-state index in [0.29, 0.717) is 11.7 Å². The molecule has 0 aromatic rings. The van der Waals surface area contributed by atoms with E-state index in [0.717, 1.165) is 0 Å². The minimum Gasteiger partial charge on any atom is -0.358 e. The molecule has 0 rings (SSSR count). The fourth-order valence-electron chi connectivity index (χ4n) is 0.216. The van der Waals surface area contributed by atoms with Crippen molar-refractivity contribution in [2.24, 2.45) is 5.84 Å². The fourth-order valence-corrected chi connectivity index (χ4v) is 0.299. The van der Waals surface area contributed by atoms with Gasteiger partial charge in [-0.3, -0.25) is 0 Å². The van der Waals surface area contributed by atoms with Crippen molar-refractivity contribution in [3.05, 3.63) is 12.7 Å². The maximum Gasteiger partial charge on any atom is 0.180 e. The second-order valence-corrected chi connectivity index (χ2v) is 1.55. The maximum atomic E-state index is 4.92. The molecule has 0 aliphatic rings. The molecule has 0 aromatic heterocycles. The van der Waals surface area contributed by atoms with Crippen LogP contribution in [0.15, 0.2) is 12.7 Å². The van der Waals surface area contributed by atoms with E-state index in [1.807, 2.05) is 0 Å². The smallest absolute Gasteiger partial charge is 0.180 e. The lowest BCUT2D eigenvalue weighted by Crippen LogP contribution is -2.39. The van der Waals surface area contributed by atoms with Crippen LogP contribution in [0, 0.1) is 0 Å². The Kier molecular flexibility index (Phi) is 4.20. The van der Waals surface area contributed by atoms with Gasteiger partial charge in [0.2, 0.25) is 0 Å². The molecule has 0 amide bonds. The van der Waals surface area contributed by atoms with E-state index in [1.54, 1.807) is 6.08 Å². The van der Waals surface area contributed by atoms with Gasteiger partial charge in [0.15, 0.2) is 5.11 Å². The van der Waals surface area contributed by atoms with Crippen LogP contribution in [0.4, 0.5) is 0 Å². The average molecular weight is 131 g/mol. The number of hydrazine groups is 1. The minimum absolute atomic E-state index is 0.435. The van der Waals surface area contributed by atoms with E-state index >= 15 is 0 Å². The molecule has 0 atom stereocenters. The Hall–Kier alpha value is -0.610. The second-order valence-electron chi connectivity index (χ2n) is 1.14. The molecule has 0 aromatic carbocycles. The van der Waals surface area contributed by atoms with Crippen molar-refractivity contribution in [3.8, 4) is 0 Å². The van der Waals surface area contributed by atoms with E-state index in [9.17, 15) is 0 Å². The molecule has 0 heterocycles. The predicted octanol–water partition coefficient (Wildman–Crippen LogP) is -0.490. The first-order valence-corrected chi connectivity index (χ1v) is 2.57. The normalized spacial score (nSPS) is 7.62. The van der Waals surface area contributed by atoms with Gasteiger partial charge in [0.05, 0.1) is 0 Å². The molecular weight excluding hydrogens is 122 g/mol. The van der Waals surface area contributed by atoms with Crippen molar-refractivity contribution in [2.45, 2.75) is 0 Å². The molecule has 8 heavy (non-hydrogen) atoms. The zero-order valence-electron chi connectivity index (χ0n) is 4.48. The molecule has 0 saturated carbocycles. The van der Waals surface area contributed by atoms with Crippen LogP contribution in [-0.4, -0.2) is 11.7 Å². The molecule has 0 fully saturated rings. The monoisotopic (exact) mass is 131 g/mol. The fraction of sp³-hybridized carbons (Fsp3) is 0.250. The van der Waals surface area contributed by atoms with Crippen LogP contribution in [-0.2, 0) is 0 Å². The van der Waals surface area contributed by atoms with E-state index in [1.165, 1.54) is 0 Å². The van der Waals surface area contributed by atoms with E-state index in [-0.39, 0.29) is 0 Å². The van der Waals surface area contributed by atoms with Gasteiger partial charge in [-0.1, -0.05) is 6.08 Å². The summed E-state index contributed by atoms with van der Waals surface area (Å²) in [5, 5.41) is 3.19. The summed E-state index contributed by atoms with van der Waals surface area (Å²) < 4.78 is 0. The first-order valence-electron chi connectivity index (χ1n) is 2.16. The molecule has 0 aliphatic heterocycles. The zero-order chi connectivity index (χ0) is 6.41. The van der Waals surface area contributed by atoms with Crippen LogP contribution in [0.3, 0.4) is 0 Å². The van der Waals surface area contributed by atoms with Crippen LogP contribution in [0.1, 0.15) is 0 Å². The van der Waals surface area contributed by atoms with E-state index in [2.05, 4.69) is 29.5 Å². The number of thiocarbonyl (C=S) groups is 1. The quantitative estimate of drug-likeness (QED) is 0.205. The maximum absolute atomic E-state index is 4.92. The molecule has 46 valence electrons. The molecule has 4 N–H and O–H groups in total. The number of hydrogen-bond acceptors (Lipinski definition) is 2. The van der Waals surface area contributed by atoms with Crippen molar-refractivity contribution >= 4 is 17.3 Å². The van der Waals surface area contributed by atoms with E-state index < -0.39 is 0 Å². The highest BCUT2D eigenvalue weighted by Gasteiger charge is 1.82. The molecular formula is C4H9N3S. The van der Waals surface area contributed by atoms with Crippen LogP contribution >= 0.6 is 12.2 Å². The van der Waals surface area contributed by atoms with Gasteiger partial charge in [-0.2, -0.15) is 0 Å². The minimum atomic E-state index is 0.435. The summed E-state index contributed by atoms with van der Waals surface area (Å²) in [6, 6.07) is 0. The lowest BCUT2D eigenvalue weighted by atomic mass is 10.6. The third-order valence-electron chi connectivity index (χ3n) is 0.538. The molecule has 0 unspecified atom stereocenters. The van der Waals surface area contributed by atoms with Crippen molar-refractivity contribution in [2.75, 3.05) is 6.54 Å². The van der Waals surface area contributed by atoms with Crippen LogP contribution in [0.5, 0.6) is 0 Å². The number of nitrogens with two attached hydrogens (primary N) is 1. The summed E-state index contributed by atoms with van der Waals surface area (Å²) in [6.07, 6.45) is 1.70. The summed E-state index contributed by atoms with van der Waals surface area (Å²) in [5.74, 6) is 4.92. The van der Waals surface area contributed by atoms with Gasteiger partial charge < -0.3 is 10.7 Å². The molecule has 0 saturated heterocycles. The van der Waals surface area contributed by atoms with Gasteiger partial charge in [-0.15, -0.1) is 6.58 Å². The Bertz CT molecular complexity index is 91.3. The van der Waals surface area contributed by atoms with Gasteiger partial charge in [-0.25, -0.2) is 5.84 Å². The molecule has 4 heteroatoms. The highest BCUT2D eigenvalue weighted by atomic mass is 32.1. The largest absolute Gasteiger partial charge is 0.358 e. The Morgan fingerprint density at radius 2 is 2.50 bits per heavy atom. The average Bonchev–Trinajstić information content (AvgIpc) is 1.83. The second kappa shape index (κ2) is 4.55. The summed E-state index contributed by atoms with van der Waals surface area (Å²) in [4.78, 5) is 0. The summed E-state index contributed by atoms with van der Waals surface area (Å²) in [6.45, 7) is 4.12. The van der Waals surface area contributed by atoms with Crippen molar-refractivity contribution in [3.63, 3.8) is 0 Å². The van der Waals surface area contributed by atoms with Crippen LogP contribution in [0.2, 0.25) is 0 Å². The first-order chi connectivity index (χ1) is 3.81. The predicted molar refractivity (Wildman–Crippen MR) is 38.1 cm³/mol. The molecule has 0 radical (unpaired) electrons. The Morgan fingerprint density at radius 3 is 2.88 bits per heavy atom. The third-order valence-corrected chi connectivity index (χ3v) is 0.800. The Labute approximate surface area is 53.9 Å². The topological polar surface area (TPSA) is 50.1 Å². The lowest BCUT2D eigenvalue weighted by Gasteiger charge is -2.00. The molecule has 3 nitrogen and oxygen atoms in total. The van der Waals surface area contributed by atoms with Gasteiger partial charge in [0, 0.05) is 6.54 Å². The van der Waals surface area contributed by atoms with Gasteiger partial charge in [-0.05, 0) is 12.2 Å². The SMILES string of the molecule is C=CCNC(=S)NN. The van der Waals surface area contributed by atoms with E-state index in [4.69, 9.17) is 5.84 Å². The highest BCUT2D eigenvalue weighted by molar-refractivity contribution is 7.80. The highest BCUT2D eigenvalue weighted by Crippen LogP contribution is 1.61. The lowest BCUT2D eigenvalue weighted by molar-refractivity contribution is 0.937. The first kappa shape index (κ1) is 7.39. The van der Waals surface area contributed by atoms with Crippen molar-refractivity contribution in [1.82, 2.24) is 10.7 Å². The summed E-state index contributed by atoms with van der Waals surface area (Å²) in [7, 11) is 0. The summed E-state index contributed by atoms with van der Waals surface area (Å²) >= 11 is 4.63. The van der Waals surface area contributed by atoms with Crippen LogP contribution in [0.25, 0.3) is 0 Å². The van der Waals surface area contributed by atoms with Crippen molar-refractivity contribution < 1.29 is 0 Å². The molecule has 0 bridgehead atoms. The number of hydrogen-bond donors (Lipinski definition) is 3. The number of nitrogens with one attached hydrogen (secondary N) is 2. The molecule has 0 spiro atoms. The number of rotatable bonds is 2. The van der Waals surface area contributed by atoms with Gasteiger partial charge >= 0.3 is 0 Å². The summed E-state index contributed by atoms with van der Waals surface area (Å²) in [5.41, 5.74) is 2.27. The van der Waals surface area contributed by atoms with Gasteiger partial charge in [0.25, 0.3) is 0 Å².